The van der Waals surface area contributed by atoms with E-state index in [0.717, 1.165) is 12.0 Å². The lowest BCUT2D eigenvalue weighted by Gasteiger charge is -2.28. The maximum Gasteiger partial charge on any atom is 0.226 e. The van der Waals surface area contributed by atoms with Crippen molar-refractivity contribution in [2.24, 2.45) is 5.92 Å². The Bertz CT molecular complexity index is 660. The second-order valence-electron chi connectivity index (χ2n) is 6.72. The van der Waals surface area contributed by atoms with E-state index >= 15 is 0 Å². The first-order valence-corrected chi connectivity index (χ1v) is 8.75. The van der Waals surface area contributed by atoms with Gasteiger partial charge in [0.15, 0.2) is 0 Å². The number of hydrogen-bond acceptors (Lipinski definition) is 4. The molecule has 0 aliphatic carbocycles. The fourth-order valence-corrected chi connectivity index (χ4v) is 3.79. The van der Waals surface area contributed by atoms with Gasteiger partial charge in [-0.05, 0) is 17.7 Å². The van der Waals surface area contributed by atoms with Crippen LogP contribution in [0, 0.1) is 5.92 Å². The highest BCUT2D eigenvalue weighted by Crippen LogP contribution is 2.38. The smallest absolute Gasteiger partial charge is 0.226 e. The summed E-state index contributed by atoms with van der Waals surface area (Å²) >= 11 is 6.08. The minimum atomic E-state index is -0.476. The third-order valence-corrected chi connectivity index (χ3v) is 5.43. The Labute approximate surface area is 152 Å². The number of nitrogens with one attached hydrogen (secondary N) is 1. The zero-order valence-corrected chi connectivity index (χ0v) is 15.2. The van der Waals surface area contributed by atoms with Crippen LogP contribution < -0.4 is 5.32 Å². The van der Waals surface area contributed by atoms with Gasteiger partial charge in [-0.15, -0.1) is 0 Å². The van der Waals surface area contributed by atoms with E-state index in [2.05, 4.69) is 5.32 Å². The van der Waals surface area contributed by atoms with Gasteiger partial charge >= 0.3 is 0 Å². The predicted octanol–water partition coefficient (Wildman–Crippen LogP) is 1.78. The standard InChI is InChI=1S/C18H23ClN2O4/c1-21-15(22)9-14(16(21)12-4-3-5-13(19)8-12)17(23)20-10-18(24-2)6-7-25-11-18/h3-5,8,14,16H,6-7,9-11H2,1-2H3,(H,20,23). The van der Waals surface area contributed by atoms with Crippen LogP contribution in [0.15, 0.2) is 24.3 Å². The second kappa shape index (κ2) is 7.32. The minimum Gasteiger partial charge on any atom is -0.378 e. The summed E-state index contributed by atoms with van der Waals surface area (Å²) in [6.45, 7) is 1.46. The van der Waals surface area contributed by atoms with Gasteiger partial charge in [-0.1, -0.05) is 23.7 Å². The van der Waals surface area contributed by atoms with Gasteiger partial charge in [-0.25, -0.2) is 0 Å². The molecule has 6 nitrogen and oxygen atoms in total. The molecule has 3 rings (SSSR count). The fourth-order valence-electron chi connectivity index (χ4n) is 3.59. The molecule has 1 N–H and O–H groups in total. The molecule has 0 radical (unpaired) electrons. The normalized spacial score (nSPS) is 29.2. The molecule has 7 heteroatoms. The van der Waals surface area contributed by atoms with Gasteiger partial charge in [0, 0.05) is 45.2 Å². The molecule has 3 unspecified atom stereocenters. The first-order chi connectivity index (χ1) is 12.0. The molecule has 2 aliphatic rings. The van der Waals surface area contributed by atoms with Gasteiger partial charge < -0.3 is 19.7 Å². The molecule has 0 bridgehead atoms. The van der Waals surface area contributed by atoms with Crippen LogP contribution in [-0.4, -0.2) is 56.2 Å². The summed E-state index contributed by atoms with van der Waals surface area (Å²) in [5.74, 6) is -0.644. The van der Waals surface area contributed by atoms with Gasteiger partial charge in [0.1, 0.15) is 5.60 Å². The Hall–Kier alpha value is -1.63. The predicted molar refractivity (Wildman–Crippen MR) is 93.3 cm³/mol. The number of likely N-dealkylation sites (tertiary alicyclic amines) is 1. The molecule has 3 atom stereocenters. The van der Waals surface area contributed by atoms with Crippen molar-refractivity contribution in [1.82, 2.24) is 10.2 Å². The molecular formula is C18H23ClN2O4. The Morgan fingerprint density at radius 1 is 1.52 bits per heavy atom. The molecule has 136 valence electrons. The quantitative estimate of drug-likeness (QED) is 0.862. The van der Waals surface area contributed by atoms with E-state index in [-0.39, 0.29) is 24.3 Å². The van der Waals surface area contributed by atoms with Crippen LogP contribution in [0.5, 0.6) is 0 Å². The SMILES string of the molecule is COC1(CNC(=O)C2CC(=O)N(C)C2c2cccc(Cl)c2)CCOC1. The molecule has 2 amide bonds. The summed E-state index contributed by atoms with van der Waals surface area (Å²) in [7, 11) is 3.35. The molecule has 1 aromatic rings. The molecule has 0 saturated carbocycles. The Morgan fingerprint density at radius 2 is 2.32 bits per heavy atom. The zero-order chi connectivity index (χ0) is 18.0. The van der Waals surface area contributed by atoms with Crippen molar-refractivity contribution in [2.45, 2.75) is 24.5 Å². The first kappa shape index (κ1) is 18.2. The lowest BCUT2D eigenvalue weighted by atomic mass is 9.92. The van der Waals surface area contributed by atoms with E-state index in [1.165, 1.54) is 0 Å². The number of benzene rings is 1. The number of nitrogens with zero attached hydrogens (tertiary/aromatic N) is 1. The molecule has 2 heterocycles. The third kappa shape index (κ3) is 3.66. The summed E-state index contributed by atoms with van der Waals surface area (Å²) in [4.78, 5) is 26.6. The monoisotopic (exact) mass is 366 g/mol. The molecule has 25 heavy (non-hydrogen) atoms. The first-order valence-electron chi connectivity index (χ1n) is 8.37. The zero-order valence-electron chi connectivity index (χ0n) is 14.5. The second-order valence-corrected chi connectivity index (χ2v) is 7.16. The van der Waals surface area contributed by atoms with Crippen molar-refractivity contribution in [1.29, 1.82) is 0 Å². The Balaban J connectivity index is 1.74. The number of hydrogen-bond donors (Lipinski definition) is 1. The van der Waals surface area contributed by atoms with Crippen LogP contribution in [0.25, 0.3) is 0 Å². The van der Waals surface area contributed by atoms with Crippen LogP contribution in [0.2, 0.25) is 5.02 Å². The Kier molecular flexibility index (Phi) is 5.32. The van der Waals surface area contributed by atoms with Gasteiger partial charge in [0.2, 0.25) is 11.8 Å². The van der Waals surface area contributed by atoms with Crippen molar-refractivity contribution in [3.63, 3.8) is 0 Å². The van der Waals surface area contributed by atoms with Crippen molar-refractivity contribution in [2.75, 3.05) is 33.9 Å². The van der Waals surface area contributed by atoms with E-state index in [4.69, 9.17) is 21.1 Å². The summed E-state index contributed by atoms with van der Waals surface area (Å²) in [5, 5.41) is 3.55. The van der Waals surface area contributed by atoms with Gasteiger partial charge in [0.25, 0.3) is 0 Å². The molecular weight excluding hydrogens is 344 g/mol. The van der Waals surface area contributed by atoms with Crippen molar-refractivity contribution < 1.29 is 19.1 Å². The number of methoxy groups -OCH3 is 1. The number of rotatable bonds is 5. The van der Waals surface area contributed by atoms with E-state index < -0.39 is 11.5 Å². The average molecular weight is 367 g/mol. The van der Waals surface area contributed by atoms with Crippen LogP contribution in [0.4, 0.5) is 0 Å². The van der Waals surface area contributed by atoms with Crippen LogP contribution >= 0.6 is 11.6 Å². The molecule has 1 aromatic carbocycles. The summed E-state index contributed by atoms with van der Waals surface area (Å²) in [6.07, 6.45) is 0.932. The molecule has 0 spiro atoms. The van der Waals surface area contributed by atoms with Crippen LogP contribution in [-0.2, 0) is 19.1 Å². The van der Waals surface area contributed by atoms with E-state index in [1.807, 2.05) is 18.2 Å². The van der Waals surface area contributed by atoms with Gasteiger partial charge in [-0.3, -0.25) is 9.59 Å². The van der Waals surface area contributed by atoms with Gasteiger partial charge in [0.05, 0.1) is 18.6 Å². The van der Waals surface area contributed by atoms with Crippen molar-refractivity contribution in [3.05, 3.63) is 34.9 Å². The van der Waals surface area contributed by atoms with Gasteiger partial charge in [-0.2, -0.15) is 0 Å². The highest BCUT2D eigenvalue weighted by Gasteiger charge is 2.44. The summed E-state index contributed by atoms with van der Waals surface area (Å²) in [6, 6.07) is 7.00. The number of amides is 2. The number of carbonyl (C=O) groups is 2. The highest BCUT2D eigenvalue weighted by molar-refractivity contribution is 6.30. The van der Waals surface area contributed by atoms with Crippen LogP contribution in [0.3, 0.4) is 0 Å². The lowest BCUT2D eigenvalue weighted by Crippen LogP contribution is -2.47. The maximum atomic E-state index is 12.8. The van der Waals surface area contributed by atoms with Crippen molar-refractivity contribution in [3.8, 4) is 0 Å². The highest BCUT2D eigenvalue weighted by atomic mass is 35.5. The fraction of sp³-hybridized carbons (Fsp3) is 0.556. The molecule has 2 saturated heterocycles. The van der Waals surface area contributed by atoms with E-state index in [9.17, 15) is 9.59 Å². The lowest BCUT2D eigenvalue weighted by molar-refractivity contribution is -0.129. The maximum absolute atomic E-state index is 12.8. The third-order valence-electron chi connectivity index (χ3n) is 5.20. The largest absolute Gasteiger partial charge is 0.378 e. The number of halogens is 1. The van der Waals surface area contributed by atoms with E-state index in [0.29, 0.717) is 24.8 Å². The molecule has 2 fully saturated rings. The summed E-state index contributed by atoms with van der Waals surface area (Å²) < 4.78 is 10.9. The Morgan fingerprint density at radius 3 is 2.96 bits per heavy atom. The van der Waals surface area contributed by atoms with Crippen molar-refractivity contribution >= 4 is 23.4 Å². The van der Waals surface area contributed by atoms with E-state index in [1.54, 1.807) is 25.1 Å². The number of carbonyl (C=O) groups excluding carboxylic acids is 2. The number of ether oxygens (including phenoxy) is 2. The van der Waals surface area contributed by atoms with Crippen LogP contribution in [0.1, 0.15) is 24.4 Å². The molecule has 0 aromatic heterocycles. The average Bonchev–Trinajstić information content (AvgIpc) is 3.19. The minimum absolute atomic E-state index is 0.0456. The molecule has 2 aliphatic heterocycles. The topological polar surface area (TPSA) is 67.9 Å². The summed E-state index contributed by atoms with van der Waals surface area (Å²) in [5.41, 5.74) is 0.391.